The Morgan fingerprint density at radius 2 is 2.19 bits per heavy atom. The summed E-state index contributed by atoms with van der Waals surface area (Å²) in [4.78, 5) is 21.1. The Morgan fingerprint density at radius 1 is 1.48 bits per heavy atom. The zero-order chi connectivity index (χ0) is 15.6. The SMILES string of the molecule is COc1ccc(S(=O)(=O)N[C@@H]2CCOC2=O)cc1[N+](=O)[O-]. The molecule has 0 unspecified atom stereocenters. The third-order valence-corrected chi connectivity index (χ3v) is 4.36. The van der Waals surface area contributed by atoms with Crippen molar-refractivity contribution < 1.29 is 27.6 Å². The van der Waals surface area contributed by atoms with Gasteiger partial charge in [0.25, 0.3) is 0 Å². The maximum absolute atomic E-state index is 12.1. The highest BCUT2D eigenvalue weighted by Gasteiger charge is 2.32. The van der Waals surface area contributed by atoms with Gasteiger partial charge >= 0.3 is 11.7 Å². The van der Waals surface area contributed by atoms with Gasteiger partial charge in [-0.3, -0.25) is 14.9 Å². The highest BCUT2D eigenvalue weighted by atomic mass is 32.2. The summed E-state index contributed by atoms with van der Waals surface area (Å²) in [5.74, 6) is -0.721. The third-order valence-electron chi connectivity index (χ3n) is 2.89. The van der Waals surface area contributed by atoms with Crippen LogP contribution in [0.1, 0.15) is 6.42 Å². The lowest BCUT2D eigenvalue weighted by molar-refractivity contribution is -0.386. The summed E-state index contributed by atoms with van der Waals surface area (Å²) in [6.07, 6.45) is 0.219. The van der Waals surface area contributed by atoms with E-state index >= 15 is 0 Å². The van der Waals surface area contributed by atoms with Gasteiger partial charge in [0.15, 0.2) is 5.75 Å². The van der Waals surface area contributed by atoms with E-state index in [9.17, 15) is 23.3 Å². The predicted octanol–water partition coefficient (Wildman–Crippen LogP) is 0.197. The molecule has 10 heteroatoms. The molecule has 0 aromatic heterocycles. The van der Waals surface area contributed by atoms with E-state index in [0.717, 1.165) is 12.1 Å². The summed E-state index contributed by atoms with van der Waals surface area (Å²) >= 11 is 0. The molecule has 114 valence electrons. The number of ether oxygens (including phenoxy) is 2. The van der Waals surface area contributed by atoms with Gasteiger partial charge in [-0.2, -0.15) is 4.72 Å². The van der Waals surface area contributed by atoms with E-state index in [1.165, 1.54) is 13.2 Å². The Bertz CT molecular complexity index is 686. The van der Waals surface area contributed by atoms with Crippen molar-refractivity contribution in [3.63, 3.8) is 0 Å². The Hall–Kier alpha value is -2.20. The Labute approximate surface area is 120 Å². The van der Waals surface area contributed by atoms with Crippen LogP contribution in [0.5, 0.6) is 5.75 Å². The lowest BCUT2D eigenvalue weighted by atomic mass is 10.3. The average molecular weight is 316 g/mol. The van der Waals surface area contributed by atoms with Crippen molar-refractivity contribution in [3.8, 4) is 5.75 Å². The average Bonchev–Trinajstić information content (AvgIpc) is 2.82. The van der Waals surface area contributed by atoms with Crippen LogP contribution in [0.3, 0.4) is 0 Å². The maximum Gasteiger partial charge on any atom is 0.324 e. The van der Waals surface area contributed by atoms with Crippen LogP contribution < -0.4 is 9.46 Å². The van der Waals surface area contributed by atoms with E-state index in [0.29, 0.717) is 0 Å². The van der Waals surface area contributed by atoms with Gasteiger partial charge in [0.05, 0.1) is 23.5 Å². The Morgan fingerprint density at radius 3 is 2.71 bits per heavy atom. The summed E-state index contributed by atoms with van der Waals surface area (Å²) in [5.41, 5.74) is -0.477. The molecule has 1 saturated heterocycles. The maximum atomic E-state index is 12.1. The molecule has 0 spiro atoms. The number of rotatable bonds is 5. The molecule has 0 saturated carbocycles. The summed E-state index contributed by atoms with van der Waals surface area (Å²) in [5, 5.41) is 10.9. The summed E-state index contributed by atoms with van der Waals surface area (Å²) < 4.78 is 35.9. The second kappa shape index (κ2) is 5.66. The van der Waals surface area contributed by atoms with Crippen LogP contribution in [0.2, 0.25) is 0 Å². The molecule has 1 atom stereocenters. The highest BCUT2D eigenvalue weighted by molar-refractivity contribution is 7.89. The van der Waals surface area contributed by atoms with Gasteiger partial charge in [0.1, 0.15) is 6.04 Å². The lowest BCUT2D eigenvalue weighted by Crippen LogP contribution is -2.37. The summed E-state index contributed by atoms with van der Waals surface area (Å²) in [6.45, 7) is 0.134. The van der Waals surface area contributed by atoms with Crippen molar-refractivity contribution in [1.82, 2.24) is 4.72 Å². The van der Waals surface area contributed by atoms with Gasteiger partial charge in [-0.15, -0.1) is 0 Å². The standard InChI is InChI=1S/C11H12N2O7S/c1-19-10-3-2-7(6-9(10)13(15)16)21(17,18)12-8-4-5-20-11(8)14/h2-3,6,8,12H,4-5H2,1H3/t8-/m1/s1. The number of carbonyl (C=O) groups is 1. The van der Waals surface area contributed by atoms with Gasteiger partial charge in [-0.25, -0.2) is 8.42 Å². The first kappa shape index (κ1) is 15.2. The monoisotopic (exact) mass is 316 g/mol. The van der Waals surface area contributed by atoms with Crippen LogP contribution in [-0.4, -0.2) is 39.1 Å². The topological polar surface area (TPSA) is 125 Å². The van der Waals surface area contributed by atoms with Crippen molar-refractivity contribution in [1.29, 1.82) is 0 Å². The lowest BCUT2D eigenvalue weighted by Gasteiger charge is -2.10. The van der Waals surface area contributed by atoms with Gasteiger partial charge in [-0.1, -0.05) is 0 Å². The smallest absolute Gasteiger partial charge is 0.324 e. The largest absolute Gasteiger partial charge is 0.490 e. The van der Waals surface area contributed by atoms with Crippen molar-refractivity contribution in [2.45, 2.75) is 17.4 Å². The van der Waals surface area contributed by atoms with Crippen molar-refractivity contribution in [2.24, 2.45) is 0 Å². The van der Waals surface area contributed by atoms with E-state index in [1.54, 1.807) is 0 Å². The molecular formula is C11H12N2O7S. The molecule has 1 aromatic rings. The number of methoxy groups -OCH3 is 1. The second-order valence-electron chi connectivity index (χ2n) is 4.22. The fourth-order valence-electron chi connectivity index (χ4n) is 1.84. The predicted molar refractivity (Wildman–Crippen MR) is 69.3 cm³/mol. The summed E-state index contributed by atoms with van der Waals surface area (Å²) in [6, 6.07) is 2.24. The third kappa shape index (κ3) is 3.11. The molecular weight excluding hydrogens is 304 g/mol. The van der Waals surface area contributed by atoms with Crippen LogP contribution in [-0.2, 0) is 19.6 Å². The molecule has 1 aliphatic heterocycles. The van der Waals surface area contributed by atoms with Crippen molar-refractivity contribution >= 4 is 21.7 Å². The number of nitro benzene ring substituents is 1. The number of esters is 1. The van der Waals surface area contributed by atoms with E-state index in [4.69, 9.17) is 4.74 Å². The molecule has 9 nitrogen and oxygen atoms in total. The molecule has 1 aliphatic rings. The zero-order valence-electron chi connectivity index (χ0n) is 10.9. The molecule has 0 amide bonds. The van der Waals surface area contributed by atoms with Crippen LogP contribution in [0.25, 0.3) is 0 Å². The van der Waals surface area contributed by atoms with Crippen molar-refractivity contribution in [2.75, 3.05) is 13.7 Å². The molecule has 21 heavy (non-hydrogen) atoms. The first-order chi connectivity index (χ1) is 9.85. The number of hydrogen-bond donors (Lipinski definition) is 1. The molecule has 2 rings (SSSR count). The minimum absolute atomic E-state index is 0.0563. The van der Waals surface area contributed by atoms with Gasteiger partial charge in [0, 0.05) is 12.5 Å². The first-order valence-corrected chi connectivity index (χ1v) is 7.35. The quantitative estimate of drug-likeness (QED) is 0.467. The normalized spacial score (nSPS) is 18.3. The molecule has 0 radical (unpaired) electrons. The van der Waals surface area contributed by atoms with Gasteiger partial charge in [0.2, 0.25) is 10.0 Å². The van der Waals surface area contributed by atoms with Crippen LogP contribution in [0, 0.1) is 10.1 Å². The van der Waals surface area contributed by atoms with E-state index in [1.807, 2.05) is 0 Å². The molecule has 1 fully saturated rings. The minimum atomic E-state index is -4.07. The van der Waals surface area contributed by atoms with Crippen molar-refractivity contribution in [3.05, 3.63) is 28.3 Å². The molecule has 1 aromatic carbocycles. The number of carbonyl (C=O) groups excluding carboxylic acids is 1. The van der Waals surface area contributed by atoms with Crippen LogP contribution >= 0.6 is 0 Å². The highest BCUT2D eigenvalue weighted by Crippen LogP contribution is 2.29. The Balaban J connectivity index is 2.34. The molecule has 1 heterocycles. The number of hydrogen-bond acceptors (Lipinski definition) is 7. The number of nitro groups is 1. The minimum Gasteiger partial charge on any atom is -0.490 e. The van der Waals surface area contributed by atoms with Gasteiger partial charge < -0.3 is 9.47 Å². The fraction of sp³-hybridized carbons (Fsp3) is 0.364. The second-order valence-corrected chi connectivity index (χ2v) is 5.93. The Kier molecular flexibility index (Phi) is 4.09. The summed E-state index contributed by atoms with van der Waals surface area (Å²) in [7, 11) is -2.83. The van der Waals surface area contributed by atoms with E-state index in [2.05, 4.69) is 9.46 Å². The van der Waals surface area contributed by atoms with E-state index < -0.39 is 32.6 Å². The number of benzene rings is 1. The van der Waals surface area contributed by atoms with Gasteiger partial charge in [-0.05, 0) is 12.1 Å². The number of nitrogens with one attached hydrogen (secondary N) is 1. The zero-order valence-corrected chi connectivity index (χ0v) is 11.8. The number of cyclic esters (lactones) is 1. The van der Waals surface area contributed by atoms with Crippen LogP contribution in [0.4, 0.5) is 5.69 Å². The van der Waals surface area contributed by atoms with E-state index in [-0.39, 0.29) is 23.7 Å². The first-order valence-electron chi connectivity index (χ1n) is 5.86. The molecule has 1 N–H and O–H groups in total. The number of sulfonamides is 1. The number of nitrogens with zero attached hydrogens (tertiary/aromatic N) is 1. The molecule has 0 aliphatic carbocycles. The molecule has 0 bridgehead atoms. The van der Waals surface area contributed by atoms with Crippen LogP contribution in [0.15, 0.2) is 23.1 Å². The fourth-order valence-corrected chi connectivity index (χ4v) is 3.08.